The van der Waals surface area contributed by atoms with Crippen molar-refractivity contribution in [2.75, 3.05) is 11.9 Å². The number of fused-ring (bicyclic) bond motifs is 4. The fourth-order valence-electron chi connectivity index (χ4n) is 5.30. The van der Waals surface area contributed by atoms with Crippen LogP contribution in [-0.4, -0.2) is 23.1 Å². The molecular formula is C26H25FN2O3. The molecule has 3 heterocycles. The number of rotatable bonds is 4. The van der Waals surface area contributed by atoms with Gasteiger partial charge in [0.2, 0.25) is 11.9 Å². The summed E-state index contributed by atoms with van der Waals surface area (Å²) in [6.07, 6.45) is 0.374. The molecule has 2 atom stereocenters. The molecule has 2 unspecified atom stereocenters. The Hall–Kier alpha value is -3.41. The molecule has 2 aliphatic heterocycles. The van der Waals surface area contributed by atoms with E-state index in [1.807, 2.05) is 63.2 Å². The number of carbonyl (C=O) groups is 1. The SMILES string of the molecule is CCOc1ccc2c(c1)OC(C)(C)C(Cc1cccc(F)n1)C21C(=O)Nc2ccccc21. The van der Waals surface area contributed by atoms with E-state index in [2.05, 4.69) is 10.3 Å². The number of hydrogen-bond donors (Lipinski definition) is 1. The van der Waals surface area contributed by atoms with E-state index >= 15 is 0 Å². The molecule has 5 nitrogen and oxygen atoms in total. The lowest BCUT2D eigenvalue weighted by Crippen LogP contribution is -2.58. The normalized spacial score (nSPS) is 22.6. The highest BCUT2D eigenvalue weighted by atomic mass is 19.1. The highest BCUT2D eigenvalue weighted by molar-refractivity contribution is 6.09. The molecule has 5 rings (SSSR count). The Labute approximate surface area is 186 Å². The summed E-state index contributed by atoms with van der Waals surface area (Å²) in [6.45, 7) is 6.41. The van der Waals surface area contributed by atoms with E-state index in [9.17, 15) is 9.18 Å². The van der Waals surface area contributed by atoms with Gasteiger partial charge in [-0.1, -0.05) is 30.3 Å². The number of nitrogens with zero attached hydrogens (tertiary/aromatic N) is 1. The molecular weight excluding hydrogens is 407 g/mol. The van der Waals surface area contributed by atoms with Gasteiger partial charge in [0.05, 0.1) is 6.61 Å². The molecule has 32 heavy (non-hydrogen) atoms. The maximum atomic E-state index is 13.9. The minimum Gasteiger partial charge on any atom is -0.494 e. The molecule has 1 aromatic heterocycles. The van der Waals surface area contributed by atoms with Gasteiger partial charge in [-0.25, -0.2) is 4.98 Å². The van der Waals surface area contributed by atoms with Crippen LogP contribution in [0.15, 0.2) is 60.7 Å². The maximum Gasteiger partial charge on any atom is 0.240 e. The second-order valence-electron chi connectivity index (χ2n) is 8.81. The highest BCUT2D eigenvalue weighted by Crippen LogP contribution is 2.58. The second-order valence-corrected chi connectivity index (χ2v) is 8.81. The van der Waals surface area contributed by atoms with Gasteiger partial charge in [0.15, 0.2) is 0 Å². The third-order valence-corrected chi connectivity index (χ3v) is 6.57. The van der Waals surface area contributed by atoms with Crippen LogP contribution in [0.4, 0.5) is 10.1 Å². The molecule has 2 aromatic carbocycles. The van der Waals surface area contributed by atoms with Crippen molar-refractivity contribution in [3.05, 3.63) is 83.4 Å². The van der Waals surface area contributed by atoms with Gasteiger partial charge in [0, 0.05) is 28.9 Å². The Morgan fingerprint density at radius 1 is 1.09 bits per heavy atom. The third kappa shape index (κ3) is 2.97. The molecule has 164 valence electrons. The maximum absolute atomic E-state index is 13.9. The first-order valence-electron chi connectivity index (χ1n) is 10.8. The van der Waals surface area contributed by atoms with E-state index < -0.39 is 17.0 Å². The number of para-hydroxylation sites is 1. The van der Waals surface area contributed by atoms with Crippen molar-refractivity contribution in [3.63, 3.8) is 0 Å². The van der Waals surface area contributed by atoms with Gasteiger partial charge in [0.25, 0.3) is 0 Å². The van der Waals surface area contributed by atoms with Crippen LogP contribution in [0.25, 0.3) is 0 Å². The van der Waals surface area contributed by atoms with Crippen molar-refractivity contribution in [1.29, 1.82) is 0 Å². The number of aromatic nitrogens is 1. The fourth-order valence-corrected chi connectivity index (χ4v) is 5.30. The summed E-state index contributed by atoms with van der Waals surface area (Å²) in [4.78, 5) is 17.9. The summed E-state index contributed by atoms with van der Waals surface area (Å²) < 4.78 is 26.1. The predicted octanol–water partition coefficient (Wildman–Crippen LogP) is 4.89. The lowest BCUT2D eigenvalue weighted by Gasteiger charge is -2.50. The minimum absolute atomic E-state index is 0.109. The number of halogens is 1. The first-order chi connectivity index (χ1) is 15.4. The van der Waals surface area contributed by atoms with Crippen LogP contribution in [0.3, 0.4) is 0 Å². The quantitative estimate of drug-likeness (QED) is 0.597. The average Bonchev–Trinajstić information content (AvgIpc) is 3.03. The minimum atomic E-state index is -1.01. The van der Waals surface area contributed by atoms with Crippen LogP contribution in [0, 0.1) is 11.9 Å². The Balaban J connectivity index is 1.76. The first-order valence-corrected chi connectivity index (χ1v) is 10.8. The fraction of sp³-hybridized carbons (Fsp3) is 0.308. The van der Waals surface area contributed by atoms with Gasteiger partial charge in [-0.2, -0.15) is 4.39 Å². The first kappa shape index (κ1) is 20.5. The van der Waals surface area contributed by atoms with Crippen LogP contribution in [-0.2, 0) is 16.6 Å². The number of hydrogen-bond acceptors (Lipinski definition) is 4. The van der Waals surface area contributed by atoms with Gasteiger partial charge in [-0.05, 0) is 57.0 Å². The summed E-state index contributed by atoms with van der Waals surface area (Å²) in [6, 6.07) is 18.2. The molecule has 6 heteroatoms. The topological polar surface area (TPSA) is 60.5 Å². The molecule has 0 saturated carbocycles. The van der Waals surface area contributed by atoms with E-state index in [1.165, 1.54) is 6.07 Å². The third-order valence-electron chi connectivity index (χ3n) is 6.57. The summed E-state index contributed by atoms with van der Waals surface area (Å²) >= 11 is 0. The standard InChI is InChI=1S/C26H25FN2O3/c1-4-31-17-12-13-19-21(15-17)32-25(2,3)22(14-16-8-7-11-23(27)28-16)26(19)18-9-5-6-10-20(18)29-24(26)30/h5-13,15,22H,4,14H2,1-3H3,(H,29,30). The molecule has 3 aromatic rings. The number of benzene rings is 2. The molecule has 2 aliphatic rings. The number of nitrogens with one attached hydrogen (secondary N) is 1. The zero-order chi connectivity index (χ0) is 22.5. The zero-order valence-corrected chi connectivity index (χ0v) is 18.3. The summed E-state index contributed by atoms with van der Waals surface area (Å²) in [7, 11) is 0. The Bertz CT molecular complexity index is 1210. The Morgan fingerprint density at radius 3 is 2.69 bits per heavy atom. The van der Waals surface area contributed by atoms with Gasteiger partial charge in [-0.3, -0.25) is 4.79 Å². The average molecular weight is 432 g/mol. The highest BCUT2D eigenvalue weighted by Gasteiger charge is 2.62. The number of anilines is 1. The van der Waals surface area contributed by atoms with Crippen LogP contribution < -0.4 is 14.8 Å². The zero-order valence-electron chi connectivity index (χ0n) is 18.3. The van der Waals surface area contributed by atoms with Crippen molar-refractivity contribution in [2.45, 2.75) is 38.2 Å². The van der Waals surface area contributed by atoms with Gasteiger partial charge in [-0.15, -0.1) is 0 Å². The van der Waals surface area contributed by atoms with Crippen LogP contribution in [0.1, 0.15) is 37.6 Å². The van der Waals surface area contributed by atoms with Gasteiger partial charge in [0.1, 0.15) is 22.5 Å². The summed E-state index contributed by atoms with van der Waals surface area (Å²) in [5.41, 5.74) is 1.29. The molecule has 1 spiro atoms. The lowest BCUT2D eigenvalue weighted by atomic mass is 9.58. The van der Waals surface area contributed by atoms with Crippen molar-refractivity contribution >= 4 is 11.6 Å². The number of ether oxygens (including phenoxy) is 2. The van der Waals surface area contributed by atoms with Crippen LogP contribution in [0.5, 0.6) is 11.5 Å². The van der Waals surface area contributed by atoms with Gasteiger partial charge < -0.3 is 14.8 Å². The van der Waals surface area contributed by atoms with Gasteiger partial charge >= 0.3 is 0 Å². The Morgan fingerprint density at radius 2 is 1.91 bits per heavy atom. The summed E-state index contributed by atoms with van der Waals surface area (Å²) in [5.74, 6) is 0.329. The molecule has 0 fully saturated rings. The van der Waals surface area contributed by atoms with E-state index in [-0.39, 0.29) is 11.8 Å². The van der Waals surface area contributed by atoms with E-state index in [4.69, 9.17) is 9.47 Å². The van der Waals surface area contributed by atoms with Crippen LogP contribution in [0.2, 0.25) is 0 Å². The van der Waals surface area contributed by atoms with Crippen molar-refractivity contribution < 1.29 is 18.7 Å². The molecule has 0 bridgehead atoms. The van der Waals surface area contributed by atoms with Crippen molar-refractivity contribution in [1.82, 2.24) is 4.98 Å². The predicted molar refractivity (Wildman–Crippen MR) is 120 cm³/mol. The molecule has 1 N–H and O–H groups in total. The number of amides is 1. The van der Waals surface area contributed by atoms with E-state index in [1.54, 1.807) is 12.1 Å². The molecule has 0 aliphatic carbocycles. The smallest absolute Gasteiger partial charge is 0.240 e. The monoisotopic (exact) mass is 432 g/mol. The number of carbonyl (C=O) groups excluding carboxylic acids is 1. The van der Waals surface area contributed by atoms with E-state index in [0.29, 0.717) is 30.2 Å². The lowest BCUT2D eigenvalue weighted by molar-refractivity contribution is -0.126. The van der Waals surface area contributed by atoms with Crippen molar-refractivity contribution in [3.8, 4) is 11.5 Å². The second kappa shape index (κ2) is 7.33. The summed E-state index contributed by atoms with van der Waals surface area (Å²) in [5, 5.41) is 3.08. The largest absolute Gasteiger partial charge is 0.494 e. The molecule has 1 amide bonds. The Kier molecular flexibility index (Phi) is 4.69. The molecule has 0 radical (unpaired) electrons. The van der Waals surface area contributed by atoms with Crippen molar-refractivity contribution in [2.24, 2.45) is 5.92 Å². The van der Waals surface area contributed by atoms with Crippen LogP contribution >= 0.6 is 0 Å². The van der Waals surface area contributed by atoms with E-state index in [0.717, 1.165) is 16.8 Å². The molecule has 0 saturated heterocycles. The number of pyridine rings is 1.